The number of carboxylic acids is 1. The van der Waals surface area contributed by atoms with Gasteiger partial charge in [-0.05, 0) is 17.7 Å². The highest BCUT2D eigenvalue weighted by Crippen LogP contribution is 2.30. The molecule has 0 radical (unpaired) electrons. The van der Waals surface area contributed by atoms with Crippen molar-refractivity contribution >= 4 is 51.3 Å². The molecule has 1 atom stereocenters. The third-order valence-corrected chi connectivity index (χ3v) is 5.39. The van der Waals surface area contributed by atoms with E-state index in [0.717, 1.165) is 5.56 Å². The Kier molecular flexibility index (Phi) is 6.13. The lowest BCUT2D eigenvalue weighted by atomic mass is 10.1. The van der Waals surface area contributed by atoms with Crippen molar-refractivity contribution in [2.45, 2.75) is 12.5 Å². The molecule has 10 heteroatoms. The van der Waals surface area contributed by atoms with Crippen LogP contribution >= 0.6 is 34.5 Å². The molecule has 2 N–H and O–H groups in total. The van der Waals surface area contributed by atoms with E-state index in [1.165, 1.54) is 29.5 Å². The normalized spacial score (nSPS) is 11.8. The third-order valence-electron chi connectivity index (χ3n) is 3.88. The molecule has 0 saturated carbocycles. The van der Waals surface area contributed by atoms with Crippen LogP contribution in [0, 0.1) is 10.1 Å². The third kappa shape index (κ3) is 4.78. The zero-order valence-electron chi connectivity index (χ0n) is 14.1. The first kappa shape index (κ1) is 20.1. The number of nitro groups is 1. The molecule has 0 aliphatic carbocycles. The molecular formula is C18H13Cl2N3O4S. The van der Waals surface area contributed by atoms with Gasteiger partial charge in [-0.2, -0.15) is 0 Å². The van der Waals surface area contributed by atoms with Crippen LogP contribution in [0.15, 0.2) is 47.8 Å². The van der Waals surface area contributed by atoms with Gasteiger partial charge in [0.1, 0.15) is 6.04 Å². The SMILES string of the molecule is O=C(O)[C@@H](Cc1cccc([N+](=O)[O-])c1)Nc1nc(-c2ccc(Cl)c(Cl)c2)cs1. The van der Waals surface area contributed by atoms with Gasteiger partial charge >= 0.3 is 5.97 Å². The fourth-order valence-electron chi connectivity index (χ4n) is 2.51. The molecule has 0 aliphatic rings. The van der Waals surface area contributed by atoms with Crippen LogP contribution in [-0.4, -0.2) is 27.0 Å². The zero-order valence-corrected chi connectivity index (χ0v) is 16.5. The smallest absolute Gasteiger partial charge is 0.326 e. The number of nitrogens with one attached hydrogen (secondary N) is 1. The number of thiazole rings is 1. The van der Waals surface area contributed by atoms with E-state index in [2.05, 4.69) is 10.3 Å². The molecule has 28 heavy (non-hydrogen) atoms. The Morgan fingerprint density at radius 1 is 1.25 bits per heavy atom. The van der Waals surface area contributed by atoms with Gasteiger partial charge in [0.05, 0.1) is 20.7 Å². The number of benzene rings is 2. The Morgan fingerprint density at radius 3 is 2.71 bits per heavy atom. The predicted molar refractivity (Wildman–Crippen MR) is 109 cm³/mol. The number of halogens is 2. The van der Waals surface area contributed by atoms with Gasteiger partial charge in [0.25, 0.3) is 5.69 Å². The number of hydrogen-bond acceptors (Lipinski definition) is 6. The second kappa shape index (κ2) is 8.55. The number of rotatable bonds is 7. The van der Waals surface area contributed by atoms with Crippen molar-refractivity contribution in [3.63, 3.8) is 0 Å². The van der Waals surface area contributed by atoms with Gasteiger partial charge in [-0.3, -0.25) is 10.1 Å². The van der Waals surface area contributed by atoms with E-state index >= 15 is 0 Å². The van der Waals surface area contributed by atoms with Gasteiger partial charge < -0.3 is 10.4 Å². The largest absolute Gasteiger partial charge is 0.480 e. The summed E-state index contributed by atoms with van der Waals surface area (Å²) >= 11 is 13.2. The number of nitro benzene ring substituents is 1. The predicted octanol–water partition coefficient (Wildman–Crippen LogP) is 5.13. The van der Waals surface area contributed by atoms with Crippen LogP contribution in [0.4, 0.5) is 10.8 Å². The number of nitrogens with zero attached hydrogens (tertiary/aromatic N) is 2. The summed E-state index contributed by atoms with van der Waals surface area (Å²) < 4.78 is 0. The van der Waals surface area contributed by atoms with Crippen LogP contribution < -0.4 is 5.32 Å². The Bertz CT molecular complexity index is 1040. The summed E-state index contributed by atoms with van der Waals surface area (Å²) in [6, 6.07) is 10.0. The van der Waals surface area contributed by atoms with Crippen molar-refractivity contribution in [1.82, 2.24) is 4.98 Å². The Balaban J connectivity index is 1.77. The summed E-state index contributed by atoms with van der Waals surface area (Å²) in [5.41, 5.74) is 1.84. The standard InChI is InChI=1S/C18H13Cl2N3O4S/c19-13-5-4-11(8-14(13)20)16-9-28-18(22-16)21-15(17(24)25)7-10-2-1-3-12(6-10)23(26)27/h1-6,8-9,15H,7H2,(H,21,22)(H,24,25)/t15-/m1/s1. The lowest BCUT2D eigenvalue weighted by Crippen LogP contribution is -2.31. The Morgan fingerprint density at radius 2 is 2.04 bits per heavy atom. The molecule has 1 heterocycles. The summed E-state index contributed by atoms with van der Waals surface area (Å²) in [4.78, 5) is 26.4. The second-order valence-electron chi connectivity index (χ2n) is 5.83. The number of carbonyl (C=O) groups is 1. The first-order valence-corrected chi connectivity index (χ1v) is 9.60. The lowest BCUT2D eigenvalue weighted by molar-refractivity contribution is -0.384. The molecule has 0 aliphatic heterocycles. The molecule has 3 rings (SSSR count). The van der Waals surface area contributed by atoms with Gasteiger partial charge in [-0.1, -0.05) is 41.4 Å². The van der Waals surface area contributed by atoms with Crippen molar-refractivity contribution < 1.29 is 14.8 Å². The Hall–Kier alpha value is -2.68. The van der Waals surface area contributed by atoms with Gasteiger partial charge in [0, 0.05) is 29.5 Å². The highest BCUT2D eigenvalue weighted by atomic mass is 35.5. The number of non-ortho nitro benzene ring substituents is 1. The minimum atomic E-state index is -1.09. The summed E-state index contributed by atoms with van der Waals surface area (Å²) in [5, 5.41) is 26.3. The van der Waals surface area contributed by atoms with E-state index in [1.807, 2.05) is 0 Å². The van der Waals surface area contributed by atoms with Crippen molar-refractivity contribution in [3.05, 3.63) is 73.6 Å². The number of hydrogen-bond donors (Lipinski definition) is 2. The van der Waals surface area contributed by atoms with E-state index in [-0.39, 0.29) is 12.1 Å². The summed E-state index contributed by atoms with van der Waals surface area (Å²) in [6.07, 6.45) is 0.0682. The number of aliphatic carboxylic acids is 1. The van der Waals surface area contributed by atoms with Crippen molar-refractivity contribution in [2.75, 3.05) is 5.32 Å². The molecule has 0 fully saturated rings. The highest BCUT2D eigenvalue weighted by Gasteiger charge is 2.20. The topological polar surface area (TPSA) is 105 Å². The van der Waals surface area contributed by atoms with Crippen LogP contribution in [0.1, 0.15) is 5.56 Å². The summed E-state index contributed by atoms with van der Waals surface area (Å²) in [5.74, 6) is -1.09. The van der Waals surface area contributed by atoms with Gasteiger partial charge in [-0.25, -0.2) is 9.78 Å². The van der Waals surface area contributed by atoms with E-state index in [1.54, 1.807) is 29.6 Å². The molecule has 0 spiro atoms. The van der Waals surface area contributed by atoms with Crippen molar-refractivity contribution in [3.8, 4) is 11.3 Å². The quantitative estimate of drug-likeness (QED) is 0.391. The Labute approximate surface area is 173 Å². The number of anilines is 1. The first-order chi connectivity index (χ1) is 13.3. The lowest BCUT2D eigenvalue weighted by Gasteiger charge is -2.13. The van der Waals surface area contributed by atoms with E-state index in [0.29, 0.717) is 26.4 Å². The van der Waals surface area contributed by atoms with Crippen LogP contribution in [-0.2, 0) is 11.2 Å². The molecule has 3 aromatic rings. The summed E-state index contributed by atoms with van der Waals surface area (Å²) in [7, 11) is 0. The highest BCUT2D eigenvalue weighted by molar-refractivity contribution is 7.14. The number of aromatic nitrogens is 1. The molecule has 0 saturated heterocycles. The minimum Gasteiger partial charge on any atom is -0.480 e. The van der Waals surface area contributed by atoms with E-state index in [4.69, 9.17) is 23.2 Å². The zero-order chi connectivity index (χ0) is 20.3. The fraction of sp³-hybridized carbons (Fsp3) is 0.111. The molecule has 0 bridgehead atoms. The fourth-order valence-corrected chi connectivity index (χ4v) is 3.58. The van der Waals surface area contributed by atoms with Crippen molar-refractivity contribution in [2.24, 2.45) is 0 Å². The van der Waals surface area contributed by atoms with Crippen LogP contribution in [0.2, 0.25) is 10.0 Å². The molecule has 0 amide bonds. The van der Waals surface area contributed by atoms with Gasteiger partial charge in [0.15, 0.2) is 5.13 Å². The van der Waals surface area contributed by atoms with E-state index in [9.17, 15) is 20.0 Å². The van der Waals surface area contributed by atoms with Gasteiger partial charge in [-0.15, -0.1) is 11.3 Å². The minimum absolute atomic E-state index is 0.0682. The summed E-state index contributed by atoms with van der Waals surface area (Å²) in [6.45, 7) is 0. The van der Waals surface area contributed by atoms with Gasteiger partial charge in [0.2, 0.25) is 0 Å². The molecule has 1 aromatic heterocycles. The first-order valence-electron chi connectivity index (χ1n) is 7.97. The van der Waals surface area contributed by atoms with Crippen LogP contribution in [0.25, 0.3) is 11.3 Å². The molecule has 7 nitrogen and oxygen atoms in total. The van der Waals surface area contributed by atoms with E-state index < -0.39 is 16.9 Å². The maximum atomic E-state index is 11.6. The monoisotopic (exact) mass is 437 g/mol. The van der Waals surface area contributed by atoms with Crippen molar-refractivity contribution in [1.29, 1.82) is 0 Å². The maximum absolute atomic E-state index is 11.6. The number of carboxylic acid groups (broad SMARTS) is 1. The molecule has 0 unspecified atom stereocenters. The molecule has 144 valence electrons. The maximum Gasteiger partial charge on any atom is 0.326 e. The second-order valence-corrected chi connectivity index (χ2v) is 7.51. The molecule has 2 aromatic carbocycles. The van der Waals surface area contributed by atoms with Crippen LogP contribution in [0.3, 0.4) is 0 Å². The average Bonchev–Trinajstić information content (AvgIpc) is 3.12. The van der Waals surface area contributed by atoms with Crippen LogP contribution in [0.5, 0.6) is 0 Å². The molecular weight excluding hydrogens is 425 g/mol. The average molecular weight is 438 g/mol.